The largest absolute Gasteiger partial charge is 0.497 e. The number of aromatic nitrogens is 4. The third kappa shape index (κ3) is 3.54. The van der Waals surface area contributed by atoms with Crippen molar-refractivity contribution in [2.45, 2.75) is 10.9 Å². The summed E-state index contributed by atoms with van der Waals surface area (Å²) in [6.07, 6.45) is 0. The number of anilines is 2. The molecule has 4 N–H and O–H groups in total. The number of rotatable bonds is 5. The first-order valence-corrected chi connectivity index (χ1v) is 7.85. The van der Waals surface area contributed by atoms with Crippen molar-refractivity contribution in [3.8, 4) is 11.4 Å². The summed E-state index contributed by atoms with van der Waals surface area (Å²) in [5.74, 6) is 1.46. The van der Waals surface area contributed by atoms with E-state index in [-0.39, 0.29) is 0 Å². The zero-order valence-electron chi connectivity index (χ0n) is 12.5. The second-order valence-electron chi connectivity index (χ2n) is 4.87. The topological polar surface area (TPSA) is 105 Å². The fourth-order valence-electron chi connectivity index (χ4n) is 2.13. The number of nitrogens with two attached hydrogens (primary N) is 2. The summed E-state index contributed by atoms with van der Waals surface area (Å²) in [5.41, 5.74) is 14.8. The molecule has 3 aromatic rings. The van der Waals surface area contributed by atoms with Gasteiger partial charge in [-0.2, -0.15) is 4.68 Å². The second-order valence-corrected chi connectivity index (χ2v) is 5.81. The van der Waals surface area contributed by atoms with E-state index in [2.05, 4.69) is 15.5 Å². The predicted molar refractivity (Wildman–Crippen MR) is 90.5 cm³/mol. The van der Waals surface area contributed by atoms with Crippen molar-refractivity contribution in [3.05, 3.63) is 48.0 Å². The minimum Gasteiger partial charge on any atom is -0.497 e. The Balaban J connectivity index is 1.77. The number of hydrogen-bond acceptors (Lipinski definition) is 7. The van der Waals surface area contributed by atoms with Gasteiger partial charge in [-0.3, -0.25) is 0 Å². The maximum Gasteiger partial charge on any atom is 0.214 e. The molecule has 0 amide bonds. The Hall–Kier alpha value is -2.74. The molecule has 0 bridgehead atoms. The van der Waals surface area contributed by atoms with E-state index in [1.54, 1.807) is 17.9 Å². The van der Waals surface area contributed by atoms with Crippen LogP contribution in [0.4, 0.5) is 11.4 Å². The molecule has 0 fully saturated rings. The Kier molecular flexibility index (Phi) is 4.33. The number of ether oxygens (including phenoxy) is 1. The fraction of sp³-hybridized carbons (Fsp3) is 0.133. The first-order valence-electron chi connectivity index (χ1n) is 6.86. The summed E-state index contributed by atoms with van der Waals surface area (Å²) in [7, 11) is 1.63. The van der Waals surface area contributed by atoms with Crippen LogP contribution >= 0.6 is 11.8 Å². The normalized spacial score (nSPS) is 10.7. The van der Waals surface area contributed by atoms with Crippen LogP contribution in [-0.2, 0) is 5.75 Å². The first kappa shape index (κ1) is 15.2. The van der Waals surface area contributed by atoms with Crippen LogP contribution in [0.25, 0.3) is 5.69 Å². The Bertz CT molecular complexity index is 782. The molecule has 0 saturated heterocycles. The summed E-state index contributed by atoms with van der Waals surface area (Å²) in [4.78, 5) is 0. The Morgan fingerprint density at radius 1 is 1.09 bits per heavy atom. The van der Waals surface area contributed by atoms with E-state index in [1.807, 2.05) is 36.4 Å². The van der Waals surface area contributed by atoms with Gasteiger partial charge in [-0.1, -0.05) is 11.8 Å². The van der Waals surface area contributed by atoms with Crippen LogP contribution in [0, 0.1) is 0 Å². The first-order chi connectivity index (χ1) is 11.2. The lowest BCUT2D eigenvalue weighted by molar-refractivity contribution is 0.414. The lowest BCUT2D eigenvalue weighted by Gasteiger charge is -2.06. The van der Waals surface area contributed by atoms with E-state index in [0.717, 1.165) is 17.0 Å². The van der Waals surface area contributed by atoms with Crippen molar-refractivity contribution in [3.63, 3.8) is 0 Å². The van der Waals surface area contributed by atoms with Gasteiger partial charge in [-0.05, 0) is 58.5 Å². The van der Waals surface area contributed by atoms with E-state index in [9.17, 15) is 0 Å². The van der Waals surface area contributed by atoms with Gasteiger partial charge in [0.2, 0.25) is 5.16 Å². The summed E-state index contributed by atoms with van der Waals surface area (Å²) in [6.45, 7) is 0. The summed E-state index contributed by atoms with van der Waals surface area (Å²) < 4.78 is 6.84. The Labute approximate surface area is 137 Å². The van der Waals surface area contributed by atoms with Crippen molar-refractivity contribution < 1.29 is 4.74 Å². The Morgan fingerprint density at radius 3 is 2.43 bits per heavy atom. The highest BCUT2D eigenvalue weighted by Gasteiger charge is 2.10. The van der Waals surface area contributed by atoms with Crippen LogP contribution in [-0.4, -0.2) is 27.3 Å². The van der Waals surface area contributed by atoms with Gasteiger partial charge < -0.3 is 16.2 Å². The molecule has 3 rings (SSSR count). The van der Waals surface area contributed by atoms with Gasteiger partial charge in [0.25, 0.3) is 0 Å². The van der Waals surface area contributed by atoms with Gasteiger partial charge in [0, 0.05) is 17.1 Å². The predicted octanol–water partition coefficient (Wildman–Crippen LogP) is 2.13. The lowest BCUT2D eigenvalue weighted by Crippen LogP contribution is -1.99. The van der Waals surface area contributed by atoms with E-state index < -0.39 is 0 Å². The smallest absolute Gasteiger partial charge is 0.214 e. The van der Waals surface area contributed by atoms with Crippen LogP contribution in [0.1, 0.15) is 5.56 Å². The molecule has 1 heterocycles. The molecule has 8 heteroatoms. The number of thioether (sulfide) groups is 1. The summed E-state index contributed by atoms with van der Waals surface area (Å²) >= 11 is 1.51. The number of tetrazole rings is 1. The number of nitrogens with zero attached hydrogens (tertiary/aromatic N) is 4. The molecule has 118 valence electrons. The van der Waals surface area contributed by atoms with Crippen molar-refractivity contribution in [2.24, 2.45) is 0 Å². The number of benzene rings is 2. The average molecular weight is 328 g/mol. The zero-order chi connectivity index (χ0) is 16.2. The van der Waals surface area contributed by atoms with E-state index in [0.29, 0.717) is 22.3 Å². The minimum atomic E-state index is 0.648. The molecule has 0 aliphatic carbocycles. The molecule has 23 heavy (non-hydrogen) atoms. The summed E-state index contributed by atoms with van der Waals surface area (Å²) in [6, 6.07) is 13.1. The van der Waals surface area contributed by atoms with E-state index in [4.69, 9.17) is 16.2 Å². The number of nitrogen functional groups attached to an aromatic ring is 2. The highest BCUT2D eigenvalue weighted by Crippen LogP contribution is 2.25. The molecule has 1 aromatic heterocycles. The zero-order valence-corrected chi connectivity index (χ0v) is 13.3. The molecule has 0 saturated carbocycles. The van der Waals surface area contributed by atoms with Gasteiger partial charge in [0.1, 0.15) is 5.75 Å². The molecule has 0 radical (unpaired) electrons. The van der Waals surface area contributed by atoms with Crippen LogP contribution in [0.15, 0.2) is 47.6 Å². The van der Waals surface area contributed by atoms with Crippen molar-refractivity contribution in [2.75, 3.05) is 18.6 Å². The monoisotopic (exact) mass is 328 g/mol. The van der Waals surface area contributed by atoms with E-state index in [1.165, 1.54) is 11.8 Å². The third-order valence-electron chi connectivity index (χ3n) is 3.16. The maximum atomic E-state index is 5.81. The minimum absolute atomic E-state index is 0.648. The molecule has 0 aliphatic heterocycles. The van der Waals surface area contributed by atoms with Crippen molar-refractivity contribution in [1.82, 2.24) is 20.2 Å². The quantitative estimate of drug-likeness (QED) is 0.546. The molecular formula is C15H16N6OS. The highest BCUT2D eigenvalue weighted by atomic mass is 32.2. The molecule has 0 atom stereocenters. The second kappa shape index (κ2) is 6.57. The molecule has 7 nitrogen and oxygen atoms in total. The fourth-order valence-corrected chi connectivity index (χ4v) is 2.95. The van der Waals surface area contributed by atoms with Gasteiger partial charge in [-0.25, -0.2) is 0 Å². The standard InChI is InChI=1S/C15H16N6OS/c1-22-14-4-2-13(3-5-14)21-15(18-19-20-21)23-9-10-6-11(16)8-12(17)7-10/h2-8H,9,16-17H2,1H3. The third-order valence-corrected chi connectivity index (χ3v) is 4.15. The molecule has 0 unspecified atom stereocenters. The lowest BCUT2D eigenvalue weighted by atomic mass is 10.2. The summed E-state index contributed by atoms with van der Waals surface area (Å²) in [5, 5.41) is 12.5. The average Bonchev–Trinajstić information content (AvgIpc) is 3.00. The van der Waals surface area contributed by atoms with Crippen LogP contribution in [0.2, 0.25) is 0 Å². The van der Waals surface area contributed by atoms with E-state index >= 15 is 0 Å². The molecule has 0 spiro atoms. The molecular weight excluding hydrogens is 312 g/mol. The van der Waals surface area contributed by atoms with Gasteiger partial charge in [0.15, 0.2) is 0 Å². The molecule has 0 aliphatic rings. The highest BCUT2D eigenvalue weighted by molar-refractivity contribution is 7.98. The van der Waals surface area contributed by atoms with Gasteiger partial charge in [0.05, 0.1) is 12.8 Å². The maximum absolute atomic E-state index is 5.81. The Morgan fingerprint density at radius 2 is 1.78 bits per heavy atom. The van der Waals surface area contributed by atoms with Crippen LogP contribution in [0.5, 0.6) is 5.75 Å². The number of hydrogen-bond donors (Lipinski definition) is 2. The van der Waals surface area contributed by atoms with Crippen molar-refractivity contribution in [1.29, 1.82) is 0 Å². The van der Waals surface area contributed by atoms with Crippen LogP contribution < -0.4 is 16.2 Å². The molecule has 2 aromatic carbocycles. The van der Waals surface area contributed by atoms with Gasteiger partial charge >= 0.3 is 0 Å². The van der Waals surface area contributed by atoms with Gasteiger partial charge in [-0.15, -0.1) is 5.10 Å². The number of methoxy groups -OCH3 is 1. The van der Waals surface area contributed by atoms with Crippen LogP contribution in [0.3, 0.4) is 0 Å². The van der Waals surface area contributed by atoms with Crippen molar-refractivity contribution >= 4 is 23.1 Å². The SMILES string of the molecule is COc1ccc(-n2nnnc2SCc2cc(N)cc(N)c2)cc1.